The predicted octanol–water partition coefficient (Wildman–Crippen LogP) is 2.91. The van der Waals surface area contributed by atoms with Crippen LogP contribution in [-0.2, 0) is 19.1 Å². The SMILES string of the molecule is COC(=O)c1c(NC(=O)COC(=O)c2ccc(NC(C)=O)cc2)sc(C)c1C. The van der Waals surface area contributed by atoms with E-state index in [4.69, 9.17) is 9.47 Å². The molecular weight excluding hydrogens is 384 g/mol. The van der Waals surface area contributed by atoms with E-state index in [0.717, 1.165) is 10.4 Å². The van der Waals surface area contributed by atoms with Crippen molar-refractivity contribution in [2.45, 2.75) is 20.8 Å². The molecule has 2 N–H and O–H groups in total. The largest absolute Gasteiger partial charge is 0.465 e. The standard InChI is InChI=1S/C19H20N2O6S/c1-10-11(2)28-17(16(10)19(25)26-4)21-15(23)9-27-18(24)13-5-7-14(8-6-13)20-12(3)22/h5-8H,9H2,1-4H3,(H,20,22)(H,21,23). The van der Waals surface area contributed by atoms with Crippen molar-refractivity contribution in [3.05, 3.63) is 45.8 Å². The fourth-order valence-electron chi connectivity index (χ4n) is 2.33. The van der Waals surface area contributed by atoms with Crippen LogP contribution in [0.1, 0.15) is 38.1 Å². The van der Waals surface area contributed by atoms with Gasteiger partial charge in [0.2, 0.25) is 5.91 Å². The molecule has 148 valence electrons. The minimum absolute atomic E-state index is 0.225. The lowest BCUT2D eigenvalue weighted by molar-refractivity contribution is -0.119. The third-order valence-electron chi connectivity index (χ3n) is 3.80. The van der Waals surface area contributed by atoms with Crippen LogP contribution in [0.5, 0.6) is 0 Å². The van der Waals surface area contributed by atoms with E-state index in [0.29, 0.717) is 16.3 Å². The van der Waals surface area contributed by atoms with E-state index in [1.165, 1.54) is 37.5 Å². The molecule has 0 aliphatic rings. The highest BCUT2D eigenvalue weighted by Gasteiger charge is 2.22. The highest BCUT2D eigenvalue weighted by molar-refractivity contribution is 7.16. The molecule has 28 heavy (non-hydrogen) atoms. The Kier molecular flexibility index (Phi) is 6.89. The number of nitrogens with one attached hydrogen (secondary N) is 2. The van der Waals surface area contributed by atoms with Crippen LogP contribution in [0.4, 0.5) is 10.7 Å². The van der Waals surface area contributed by atoms with Crippen LogP contribution in [0.3, 0.4) is 0 Å². The molecule has 1 aromatic heterocycles. The molecule has 0 fully saturated rings. The molecule has 2 amide bonds. The molecule has 2 rings (SSSR count). The predicted molar refractivity (Wildman–Crippen MR) is 105 cm³/mol. The van der Waals surface area contributed by atoms with Crippen molar-refractivity contribution in [3.63, 3.8) is 0 Å². The average Bonchev–Trinajstić information content (AvgIpc) is 2.92. The molecule has 1 aromatic carbocycles. The molecular formula is C19H20N2O6S. The van der Waals surface area contributed by atoms with Gasteiger partial charge in [0.05, 0.1) is 18.2 Å². The summed E-state index contributed by atoms with van der Waals surface area (Å²) in [4.78, 5) is 48.0. The number of esters is 2. The van der Waals surface area contributed by atoms with Crippen molar-refractivity contribution in [2.24, 2.45) is 0 Å². The Balaban J connectivity index is 1.97. The normalized spacial score (nSPS) is 10.1. The monoisotopic (exact) mass is 404 g/mol. The summed E-state index contributed by atoms with van der Waals surface area (Å²) < 4.78 is 9.74. The van der Waals surface area contributed by atoms with Gasteiger partial charge in [-0.25, -0.2) is 9.59 Å². The first kappa shape index (κ1) is 21.1. The van der Waals surface area contributed by atoms with E-state index in [1.807, 2.05) is 6.92 Å². The number of rotatable bonds is 6. The number of amides is 2. The lowest BCUT2D eigenvalue weighted by Crippen LogP contribution is -2.21. The molecule has 1 heterocycles. The molecule has 0 unspecified atom stereocenters. The van der Waals surface area contributed by atoms with Crippen molar-refractivity contribution < 1.29 is 28.7 Å². The third kappa shape index (κ3) is 5.17. The lowest BCUT2D eigenvalue weighted by Gasteiger charge is -2.08. The molecule has 8 nitrogen and oxygen atoms in total. The molecule has 0 bridgehead atoms. The number of ether oxygens (including phenoxy) is 2. The maximum absolute atomic E-state index is 12.1. The highest BCUT2D eigenvalue weighted by Crippen LogP contribution is 2.32. The van der Waals surface area contributed by atoms with Gasteiger partial charge in [-0.1, -0.05) is 0 Å². The minimum Gasteiger partial charge on any atom is -0.465 e. The number of anilines is 2. The maximum atomic E-state index is 12.1. The summed E-state index contributed by atoms with van der Waals surface area (Å²) in [5.41, 5.74) is 1.79. The lowest BCUT2D eigenvalue weighted by atomic mass is 10.1. The van der Waals surface area contributed by atoms with Crippen molar-refractivity contribution in [1.82, 2.24) is 0 Å². The smallest absolute Gasteiger partial charge is 0.341 e. The van der Waals surface area contributed by atoms with E-state index in [1.54, 1.807) is 19.1 Å². The summed E-state index contributed by atoms with van der Waals surface area (Å²) in [6.07, 6.45) is 0. The van der Waals surface area contributed by atoms with Gasteiger partial charge in [0.15, 0.2) is 6.61 Å². The first-order valence-electron chi connectivity index (χ1n) is 8.25. The van der Waals surface area contributed by atoms with Crippen LogP contribution in [0.15, 0.2) is 24.3 Å². The Morgan fingerprint density at radius 1 is 1.00 bits per heavy atom. The van der Waals surface area contributed by atoms with Gasteiger partial charge in [0.1, 0.15) is 5.00 Å². The molecule has 2 aromatic rings. The summed E-state index contributed by atoms with van der Waals surface area (Å²) in [6, 6.07) is 6.07. The van der Waals surface area contributed by atoms with E-state index in [9.17, 15) is 19.2 Å². The summed E-state index contributed by atoms with van der Waals surface area (Å²) in [7, 11) is 1.26. The zero-order valence-electron chi connectivity index (χ0n) is 15.9. The van der Waals surface area contributed by atoms with Crippen LogP contribution in [-0.4, -0.2) is 37.5 Å². The first-order valence-corrected chi connectivity index (χ1v) is 9.07. The Bertz CT molecular complexity index is 917. The zero-order valence-corrected chi connectivity index (χ0v) is 16.7. The fraction of sp³-hybridized carbons (Fsp3) is 0.263. The third-order valence-corrected chi connectivity index (χ3v) is 4.93. The van der Waals surface area contributed by atoms with E-state index in [-0.39, 0.29) is 11.5 Å². The number of carbonyl (C=O) groups excluding carboxylic acids is 4. The van der Waals surface area contributed by atoms with Gasteiger partial charge in [-0.05, 0) is 43.7 Å². The van der Waals surface area contributed by atoms with Crippen LogP contribution in [0, 0.1) is 13.8 Å². The van der Waals surface area contributed by atoms with Crippen LogP contribution in [0.2, 0.25) is 0 Å². The van der Waals surface area contributed by atoms with Crippen molar-refractivity contribution >= 4 is 45.8 Å². The Hall–Kier alpha value is -3.20. The molecule has 0 aliphatic carbocycles. The van der Waals surface area contributed by atoms with Gasteiger partial charge in [-0.15, -0.1) is 11.3 Å². The topological polar surface area (TPSA) is 111 Å². The maximum Gasteiger partial charge on any atom is 0.341 e. The van der Waals surface area contributed by atoms with Crippen molar-refractivity contribution in [2.75, 3.05) is 24.4 Å². The molecule has 9 heteroatoms. The summed E-state index contributed by atoms with van der Waals surface area (Å²) in [5.74, 6) is -2.03. The molecule has 0 atom stereocenters. The average molecular weight is 404 g/mol. The van der Waals surface area contributed by atoms with Gasteiger partial charge >= 0.3 is 11.9 Å². The number of carbonyl (C=O) groups is 4. The zero-order chi connectivity index (χ0) is 20.8. The Labute approximate surface area is 165 Å². The molecule has 0 saturated carbocycles. The first-order chi connectivity index (χ1) is 13.2. The minimum atomic E-state index is -0.684. The number of thiophene rings is 1. The fourth-order valence-corrected chi connectivity index (χ4v) is 3.40. The van der Waals surface area contributed by atoms with Gasteiger partial charge in [0.25, 0.3) is 5.91 Å². The second-order valence-electron chi connectivity index (χ2n) is 5.86. The molecule has 0 spiro atoms. The van der Waals surface area contributed by atoms with Crippen LogP contribution < -0.4 is 10.6 Å². The van der Waals surface area contributed by atoms with Gasteiger partial charge in [0, 0.05) is 17.5 Å². The number of benzene rings is 1. The van der Waals surface area contributed by atoms with E-state index < -0.39 is 24.5 Å². The van der Waals surface area contributed by atoms with Crippen LogP contribution >= 0.6 is 11.3 Å². The molecule has 0 aliphatic heterocycles. The van der Waals surface area contributed by atoms with Gasteiger partial charge in [-0.3, -0.25) is 9.59 Å². The number of methoxy groups -OCH3 is 1. The molecule has 0 radical (unpaired) electrons. The number of hydrogen-bond acceptors (Lipinski definition) is 7. The summed E-state index contributed by atoms with van der Waals surface area (Å²) >= 11 is 1.24. The highest BCUT2D eigenvalue weighted by atomic mass is 32.1. The second kappa shape index (κ2) is 9.14. The quantitative estimate of drug-likeness (QED) is 0.716. The summed E-state index contributed by atoms with van der Waals surface area (Å²) in [6.45, 7) is 4.46. The second-order valence-corrected chi connectivity index (χ2v) is 7.09. The number of aryl methyl sites for hydroxylation is 1. The van der Waals surface area contributed by atoms with Gasteiger partial charge in [-0.2, -0.15) is 0 Å². The molecule has 0 saturated heterocycles. The van der Waals surface area contributed by atoms with E-state index >= 15 is 0 Å². The van der Waals surface area contributed by atoms with Crippen molar-refractivity contribution in [3.8, 4) is 0 Å². The number of hydrogen-bond donors (Lipinski definition) is 2. The van der Waals surface area contributed by atoms with Crippen LogP contribution in [0.25, 0.3) is 0 Å². The Morgan fingerprint density at radius 2 is 1.64 bits per heavy atom. The van der Waals surface area contributed by atoms with Crippen molar-refractivity contribution in [1.29, 1.82) is 0 Å². The summed E-state index contributed by atoms with van der Waals surface area (Å²) in [5, 5.41) is 5.51. The Morgan fingerprint density at radius 3 is 2.21 bits per heavy atom. The van der Waals surface area contributed by atoms with Gasteiger partial charge < -0.3 is 20.1 Å². The van der Waals surface area contributed by atoms with E-state index in [2.05, 4.69) is 10.6 Å².